The highest BCUT2D eigenvalue weighted by atomic mass is 16.5. The molecule has 118 valence electrons. The highest BCUT2D eigenvalue weighted by molar-refractivity contribution is 5.57. The number of ether oxygens (including phenoxy) is 1. The Hall–Kier alpha value is -2.55. The normalized spacial score (nSPS) is 10.7. The highest BCUT2D eigenvalue weighted by Gasteiger charge is 2.09. The third kappa shape index (κ3) is 3.62. The molecule has 23 heavy (non-hydrogen) atoms. The first-order valence-corrected chi connectivity index (χ1v) is 8.05. The molecule has 0 spiro atoms. The Morgan fingerprint density at radius 3 is 2.39 bits per heavy atom. The van der Waals surface area contributed by atoms with E-state index < -0.39 is 0 Å². The van der Waals surface area contributed by atoms with E-state index in [9.17, 15) is 0 Å². The molecule has 2 aromatic carbocycles. The van der Waals surface area contributed by atoms with Crippen LogP contribution in [0.25, 0.3) is 11.4 Å². The summed E-state index contributed by atoms with van der Waals surface area (Å²) in [5.74, 6) is 1.89. The van der Waals surface area contributed by atoms with Crippen LogP contribution in [0, 0.1) is 0 Å². The lowest BCUT2D eigenvalue weighted by Crippen LogP contribution is -2.01. The summed E-state index contributed by atoms with van der Waals surface area (Å²) < 4.78 is 7.67. The van der Waals surface area contributed by atoms with E-state index in [4.69, 9.17) is 4.74 Å². The standard InChI is InChI=1S/C20H22N2O/c1-3-23-19-13-10-17(11-14-19)20-21-15-18(22(20)2)12-9-16-7-5-4-6-8-16/h4-8,10-11,13-15H,3,9,12H2,1-2H3. The molecular weight excluding hydrogens is 284 g/mol. The van der Waals surface area contributed by atoms with E-state index in [1.165, 1.54) is 11.3 Å². The van der Waals surface area contributed by atoms with Crippen LogP contribution in [0.2, 0.25) is 0 Å². The van der Waals surface area contributed by atoms with Gasteiger partial charge in [-0.05, 0) is 49.6 Å². The molecule has 0 bridgehead atoms. The van der Waals surface area contributed by atoms with E-state index in [0.717, 1.165) is 30.0 Å². The fraction of sp³-hybridized carbons (Fsp3) is 0.250. The third-order valence-corrected chi connectivity index (χ3v) is 4.02. The fourth-order valence-corrected chi connectivity index (χ4v) is 2.73. The van der Waals surface area contributed by atoms with Gasteiger partial charge in [-0.1, -0.05) is 30.3 Å². The molecule has 3 aromatic rings. The molecule has 0 saturated carbocycles. The molecule has 0 fully saturated rings. The Morgan fingerprint density at radius 1 is 0.957 bits per heavy atom. The van der Waals surface area contributed by atoms with E-state index in [0.29, 0.717) is 6.61 Å². The topological polar surface area (TPSA) is 27.1 Å². The van der Waals surface area contributed by atoms with Crippen molar-refractivity contribution in [1.82, 2.24) is 9.55 Å². The molecule has 0 radical (unpaired) electrons. The molecule has 0 atom stereocenters. The summed E-state index contributed by atoms with van der Waals surface area (Å²) in [7, 11) is 2.08. The van der Waals surface area contributed by atoms with E-state index in [1.54, 1.807) is 0 Å². The van der Waals surface area contributed by atoms with Crippen molar-refractivity contribution in [1.29, 1.82) is 0 Å². The Labute approximate surface area is 137 Å². The number of rotatable bonds is 6. The summed E-state index contributed by atoms with van der Waals surface area (Å²) in [6.07, 6.45) is 4.00. The van der Waals surface area contributed by atoms with Gasteiger partial charge in [0.1, 0.15) is 11.6 Å². The zero-order valence-electron chi connectivity index (χ0n) is 13.7. The maximum absolute atomic E-state index is 5.49. The molecule has 0 aliphatic heterocycles. The van der Waals surface area contributed by atoms with Gasteiger partial charge in [-0.3, -0.25) is 0 Å². The maximum atomic E-state index is 5.49. The Morgan fingerprint density at radius 2 is 1.70 bits per heavy atom. The summed E-state index contributed by atoms with van der Waals surface area (Å²) in [5.41, 5.74) is 3.72. The van der Waals surface area contributed by atoms with E-state index >= 15 is 0 Å². The molecule has 0 amide bonds. The van der Waals surface area contributed by atoms with Crippen LogP contribution in [0.5, 0.6) is 5.75 Å². The monoisotopic (exact) mass is 306 g/mol. The van der Waals surface area contributed by atoms with Gasteiger partial charge in [-0.15, -0.1) is 0 Å². The Kier molecular flexibility index (Phi) is 4.77. The van der Waals surface area contributed by atoms with Crippen LogP contribution in [0.3, 0.4) is 0 Å². The summed E-state index contributed by atoms with van der Waals surface area (Å²) in [4.78, 5) is 4.60. The maximum Gasteiger partial charge on any atom is 0.139 e. The first-order valence-electron chi connectivity index (χ1n) is 8.05. The SMILES string of the molecule is CCOc1ccc(-c2ncc(CCc3ccccc3)n2C)cc1. The van der Waals surface area contributed by atoms with Crippen molar-refractivity contribution in [3.63, 3.8) is 0 Å². The number of hydrogen-bond acceptors (Lipinski definition) is 2. The average molecular weight is 306 g/mol. The van der Waals surface area contributed by atoms with Crippen LogP contribution in [0.15, 0.2) is 60.8 Å². The van der Waals surface area contributed by atoms with Crippen LogP contribution in [0.1, 0.15) is 18.2 Å². The van der Waals surface area contributed by atoms with Gasteiger partial charge in [0.2, 0.25) is 0 Å². The largest absolute Gasteiger partial charge is 0.494 e. The van der Waals surface area contributed by atoms with Crippen LogP contribution < -0.4 is 4.74 Å². The van der Waals surface area contributed by atoms with Gasteiger partial charge in [-0.2, -0.15) is 0 Å². The van der Waals surface area contributed by atoms with E-state index in [-0.39, 0.29) is 0 Å². The first kappa shape index (κ1) is 15.3. The summed E-state index contributed by atoms with van der Waals surface area (Å²) >= 11 is 0. The summed E-state index contributed by atoms with van der Waals surface area (Å²) in [5, 5.41) is 0. The van der Waals surface area contributed by atoms with E-state index in [2.05, 4.69) is 59.1 Å². The predicted octanol–water partition coefficient (Wildman–Crippen LogP) is 4.27. The zero-order chi connectivity index (χ0) is 16.1. The fourth-order valence-electron chi connectivity index (χ4n) is 2.73. The molecule has 3 nitrogen and oxygen atoms in total. The smallest absolute Gasteiger partial charge is 0.139 e. The van der Waals surface area contributed by atoms with Crippen LogP contribution in [-0.2, 0) is 19.9 Å². The molecule has 3 rings (SSSR count). The van der Waals surface area contributed by atoms with Gasteiger partial charge in [0, 0.05) is 24.5 Å². The van der Waals surface area contributed by atoms with Gasteiger partial charge < -0.3 is 9.30 Å². The van der Waals surface area contributed by atoms with Gasteiger partial charge in [0.05, 0.1) is 6.61 Å². The van der Waals surface area contributed by atoms with E-state index in [1.807, 2.05) is 25.3 Å². The molecule has 0 aliphatic rings. The minimum Gasteiger partial charge on any atom is -0.494 e. The quantitative estimate of drug-likeness (QED) is 0.680. The number of aromatic nitrogens is 2. The van der Waals surface area contributed by atoms with Gasteiger partial charge in [0.25, 0.3) is 0 Å². The number of imidazole rings is 1. The van der Waals surface area contributed by atoms with Gasteiger partial charge in [0.15, 0.2) is 0 Å². The predicted molar refractivity (Wildman–Crippen MR) is 93.7 cm³/mol. The minimum absolute atomic E-state index is 0.686. The van der Waals surface area contributed by atoms with Crippen LogP contribution in [-0.4, -0.2) is 16.2 Å². The molecule has 0 saturated heterocycles. The minimum atomic E-state index is 0.686. The van der Waals surface area contributed by atoms with Gasteiger partial charge >= 0.3 is 0 Å². The molecule has 1 heterocycles. The number of benzene rings is 2. The number of hydrogen-bond donors (Lipinski definition) is 0. The first-order chi connectivity index (χ1) is 11.3. The van der Waals surface area contributed by atoms with Crippen molar-refractivity contribution >= 4 is 0 Å². The Balaban J connectivity index is 1.73. The number of aryl methyl sites for hydroxylation is 2. The molecule has 3 heteroatoms. The van der Waals surface area contributed by atoms with Crippen molar-refractivity contribution in [2.24, 2.45) is 7.05 Å². The average Bonchev–Trinajstić information content (AvgIpc) is 2.96. The summed E-state index contributed by atoms with van der Waals surface area (Å²) in [6, 6.07) is 18.7. The van der Waals surface area contributed by atoms with Gasteiger partial charge in [-0.25, -0.2) is 4.98 Å². The molecule has 0 aliphatic carbocycles. The lowest BCUT2D eigenvalue weighted by Gasteiger charge is -2.08. The van der Waals surface area contributed by atoms with Crippen molar-refractivity contribution in [2.75, 3.05) is 6.61 Å². The van der Waals surface area contributed by atoms with Crippen molar-refractivity contribution in [3.05, 3.63) is 72.1 Å². The van der Waals surface area contributed by atoms with Crippen LogP contribution >= 0.6 is 0 Å². The molecule has 0 unspecified atom stereocenters. The van der Waals surface area contributed by atoms with Crippen molar-refractivity contribution in [3.8, 4) is 17.1 Å². The lowest BCUT2D eigenvalue weighted by molar-refractivity contribution is 0.340. The zero-order valence-corrected chi connectivity index (χ0v) is 13.7. The second-order valence-corrected chi connectivity index (χ2v) is 5.58. The third-order valence-electron chi connectivity index (χ3n) is 4.02. The highest BCUT2D eigenvalue weighted by Crippen LogP contribution is 2.22. The summed E-state index contributed by atoms with van der Waals surface area (Å²) in [6.45, 7) is 2.68. The lowest BCUT2D eigenvalue weighted by atomic mass is 10.1. The Bertz CT molecular complexity index is 745. The molecular formula is C20H22N2O. The number of nitrogens with zero attached hydrogens (tertiary/aromatic N) is 2. The van der Waals surface area contributed by atoms with Crippen molar-refractivity contribution in [2.45, 2.75) is 19.8 Å². The van der Waals surface area contributed by atoms with Crippen LogP contribution in [0.4, 0.5) is 0 Å². The second kappa shape index (κ2) is 7.14. The molecule has 1 aromatic heterocycles. The van der Waals surface area contributed by atoms with Crippen molar-refractivity contribution < 1.29 is 4.74 Å². The second-order valence-electron chi connectivity index (χ2n) is 5.58. The molecule has 0 N–H and O–H groups in total.